The van der Waals surface area contributed by atoms with Crippen molar-refractivity contribution in [1.29, 1.82) is 0 Å². The van der Waals surface area contributed by atoms with E-state index in [9.17, 15) is 0 Å². The van der Waals surface area contributed by atoms with E-state index in [0.29, 0.717) is 25.6 Å². The molecule has 0 aliphatic heterocycles. The highest BCUT2D eigenvalue weighted by Gasteiger charge is 2.10. The molecule has 0 saturated carbocycles. The van der Waals surface area contributed by atoms with E-state index in [1.165, 1.54) is 0 Å². The molecule has 1 aromatic rings. The number of aliphatic hydroxyl groups excluding tert-OH is 1. The first-order chi connectivity index (χ1) is 9.08. The first-order valence-corrected chi connectivity index (χ1v) is 6.33. The van der Waals surface area contributed by atoms with Gasteiger partial charge in [0, 0.05) is 25.6 Å². The standard InChI is InChI=1S/C12H23N5O2/c1-9(2)12-14-10(16-13)8-11(15-12)17(3)4-6-19-7-5-18/h8-9,18H,4-7,13H2,1-3H3,(H,14,15,16). The lowest BCUT2D eigenvalue weighted by Gasteiger charge is -2.20. The predicted octanol–water partition coefficient (Wildman–Crippen LogP) is 0.331. The van der Waals surface area contributed by atoms with Crippen LogP contribution in [-0.4, -0.2) is 48.5 Å². The Morgan fingerprint density at radius 1 is 1.42 bits per heavy atom. The number of nitrogens with two attached hydrogens (primary N) is 1. The third-order valence-corrected chi connectivity index (χ3v) is 2.59. The van der Waals surface area contributed by atoms with Gasteiger partial charge in [0.2, 0.25) is 0 Å². The maximum absolute atomic E-state index is 8.63. The van der Waals surface area contributed by atoms with Gasteiger partial charge >= 0.3 is 0 Å². The molecular weight excluding hydrogens is 246 g/mol. The van der Waals surface area contributed by atoms with Gasteiger partial charge in [-0.05, 0) is 0 Å². The quantitative estimate of drug-likeness (QED) is 0.355. The number of nitrogens with one attached hydrogen (secondary N) is 1. The average Bonchev–Trinajstić information content (AvgIpc) is 2.42. The number of anilines is 2. The maximum Gasteiger partial charge on any atom is 0.145 e. The number of hydrazine groups is 1. The minimum Gasteiger partial charge on any atom is -0.394 e. The normalized spacial score (nSPS) is 10.8. The lowest BCUT2D eigenvalue weighted by molar-refractivity contribution is 0.0970. The molecule has 19 heavy (non-hydrogen) atoms. The van der Waals surface area contributed by atoms with Gasteiger partial charge in [-0.25, -0.2) is 15.8 Å². The van der Waals surface area contributed by atoms with Crippen molar-refractivity contribution in [3.05, 3.63) is 11.9 Å². The number of likely N-dealkylation sites (N-methyl/N-ethyl adjacent to an activating group) is 1. The summed E-state index contributed by atoms with van der Waals surface area (Å²) in [6, 6.07) is 1.79. The Morgan fingerprint density at radius 3 is 2.74 bits per heavy atom. The first-order valence-electron chi connectivity index (χ1n) is 6.33. The Kier molecular flexibility index (Phi) is 6.48. The third kappa shape index (κ3) is 4.98. The maximum atomic E-state index is 8.63. The first kappa shape index (κ1) is 15.6. The molecule has 0 aliphatic carbocycles. The van der Waals surface area contributed by atoms with E-state index >= 15 is 0 Å². The van der Waals surface area contributed by atoms with Crippen molar-refractivity contribution < 1.29 is 9.84 Å². The number of hydrogen-bond donors (Lipinski definition) is 3. The fraction of sp³-hybridized carbons (Fsp3) is 0.667. The van der Waals surface area contributed by atoms with Crippen molar-refractivity contribution in [2.45, 2.75) is 19.8 Å². The number of ether oxygens (including phenoxy) is 1. The zero-order chi connectivity index (χ0) is 14.3. The molecule has 0 unspecified atom stereocenters. The molecule has 0 bridgehead atoms. The molecule has 0 aliphatic rings. The van der Waals surface area contributed by atoms with Crippen LogP contribution in [0, 0.1) is 0 Å². The van der Waals surface area contributed by atoms with E-state index in [0.717, 1.165) is 11.6 Å². The van der Waals surface area contributed by atoms with Crippen LogP contribution in [0.4, 0.5) is 11.6 Å². The SMILES string of the molecule is CC(C)c1nc(NN)cc(N(C)CCOCCO)n1. The van der Waals surface area contributed by atoms with Crippen molar-refractivity contribution in [3.63, 3.8) is 0 Å². The van der Waals surface area contributed by atoms with Crippen LogP contribution >= 0.6 is 0 Å². The molecule has 0 fully saturated rings. The molecule has 4 N–H and O–H groups in total. The van der Waals surface area contributed by atoms with Crippen LogP contribution in [0.3, 0.4) is 0 Å². The number of rotatable bonds is 8. The van der Waals surface area contributed by atoms with E-state index < -0.39 is 0 Å². The van der Waals surface area contributed by atoms with E-state index in [1.54, 1.807) is 6.07 Å². The summed E-state index contributed by atoms with van der Waals surface area (Å²) in [5.74, 6) is 7.77. The van der Waals surface area contributed by atoms with Crippen LogP contribution in [0.1, 0.15) is 25.6 Å². The van der Waals surface area contributed by atoms with Crippen molar-refractivity contribution >= 4 is 11.6 Å². The summed E-state index contributed by atoms with van der Waals surface area (Å²) < 4.78 is 5.23. The number of nitrogens with zero attached hydrogens (tertiary/aromatic N) is 3. The highest BCUT2D eigenvalue weighted by Crippen LogP contribution is 2.18. The van der Waals surface area contributed by atoms with Crippen LogP contribution in [-0.2, 0) is 4.74 Å². The largest absolute Gasteiger partial charge is 0.394 e. The molecule has 0 radical (unpaired) electrons. The summed E-state index contributed by atoms with van der Waals surface area (Å²) in [6.45, 7) is 5.66. The fourth-order valence-corrected chi connectivity index (χ4v) is 1.46. The van der Waals surface area contributed by atoms with Crippen LogP contribution in [0.15, 0.2) is 6.07 Å². The van der Waals surface area contributed by atoms with E-state index in [-0.39, 0.29) is 12.5 Å². The molecule has 7 nitrogen and oxygen atoms in total. The number of hydrogen-bond acceptors (Lipinski definition) is 7. The monoisotopic (exact) mass is 269 g/mol. The highest BCUT2D eigenvalue weighted by atomic mass is 16.5. The lowest BCUT2D eigenvalue weighted by Crippen LogP contribution is -2.25. The Hall–Kier alpha value is -1.44. The summed E-state index contributed by atoms with van der Waals surface area (Å²) in [5, 5.41) is 8.63. The Morgan fingerprint density at radius 2 is 2.16 bits per heavy atom. The van der Waals surface area contributed by atoms with Crippen LogP contribution in [0.5, 0.6) is 0 Å². The van der Waals surface area contributed by atoms with Crippen LogP contribution < -0.4 is 16.2 Å². The van der Waals surface area contributed by atoms with Crippen molar-refractivity contribution in [2.24, 2.45) is 5.84 Å². The summed E-state index contributed by atoms with van der Waals surface area (Å²) in [6.07, 6.45) is 0. The molecule has 1 aromatic heterocycles. The van der Waals surface area contributed by atoms with Gasteiger partial charge in [0.1, 0.15) is 17.5 Å². The topological polar surface area (TPSA) is 96.5 Å². The van der Waals surface area contributed by atoms with Gasteiger partial charge < -0.3 is 20.2 Å². The molecular formula is C12H23N5O2. The molecule has 0 atom stereocenters. The Bertz CT molecular complexity index is 386. The van der Waals surface area contributed by atoms with E-state index in [2.05, 4.69) is 15.4 Å². The lowest BCUT2D eigenvalue weighted by atomic mass is 10.2. The van der Waals surface area contributed by atoms with Gasteiger partial charge in [-0.2, -0.15) is 0 Å². The summed E-state index contributed by atoms with van der Waals surface area (Å²) in [7, 11) is 1.93. The summed E-state index contributed by atoms with van der Waals surface area (Å²) in [5.41, 5.74) is 2.55. The van der Waals surface area contributed by atoms with Gasteiger partial charge in [-0.1, -0.05) is 13.8 Å². The minimum absolute atomic E-state index is 0.0377. The van der Waals surface area contributed by atoms with Crippen LogP contribution in [0.25, 0.3) is 0 Å². The van der Waals surface area contributed by atoms with Gasteiger partial charge in [0.05, 0.1) is 19.8 Å². The second-order valence-corrected chi connectivity index (χ2v) is 4.53. The molecule has 0 amide bonds. The number of nitrogen functional groups attached to an aromatic ring is 1. The fourth-order valence-electron chi connectivity index (χ4n) is 1.46. The Balaban J connectivity index is 2.72. The zero-order valence-electron chi connectivity index (χ0n) is 11.8. The van der Waals surface area contributed by atoms with Gasteiger partial charge in [0.25, 0.3) is 0 Å². The van der Waals surface area contributed by atoms with Gasteiger partial charge in [-0.15, -0.1) is 0 Å². The predicted molar refractivity (Wildman–Crippen MR) is 75.1 cm³/mol. The number of aromatic nitrogens is 2. The van der Waals surface area contributed by atoms with Gasteiger partial charge in [0.15, 0.2) is 0 Å². The third-order valence-electron chi connectivity index (χ3n) is 2.59. The molecule has 0 aromatic carbocycles. The van der Waals surface area contributed by atoms with Crippen molar-refractivity contribution in [2.75, 3.05) is 43.7 Å². The zero-order valence-corrected chi connectivity index (χ0v) is 11.8. The molecule has 0 saturated heterocycles. The second kappa shape index (κ2) is 7.88. The second-order valence-electron chi connectivity index (χ2n) is 4.53. The van der Waals surface area contributed by atoms with E-state index in [4.69, 9.17) is 15.7 Å². The molecule has 1 heterocycles. The van der Waals surface area contributed by atoms with Crippen LogP contribution in [0.2, 0.25) is 0 Å². The van der Waals surface area contributed by atoms with Crippen molar-refractivity contribution in [1.82, 2.24) is 9.97 Å². The smallest absolute Gasteiger partial charge is 0.145 e. The molecule has 108 valence electrons. The van der Waals surface area contributed by atoms with E-state index in [1.807, 2.05) is 25.8 Å². The molecule has 0 spiro atoms. The summed E-state index contributed by atoms with van der Waals surface area (Å²) >= 11 is 0. The average molecular weight is 269 g/mol. The molecule has 1 rings (SSSR count). The molecule has 7 heteroatoms. The summed E-state index contributed by atoms with van der Waals surface area (Å²) in [4.78, 5) is 10.8. The van der Waals surface area contributed by atoms with Crippen molar-refractivity contribution in [3.8, 4) is 0 Å². The minimum atomic E-state index is 0.0377. The Labute approximate surface area is 113 Å². The van der Waals surface area contributed by atoms with Gasteiger partial charge in [-0.3, -0.25) is 0 Å². The highest BCUT2D eigenvalue weighted by molar-refractivity contribution is 5.48. The number of aliphatic hydroxyl groups is 1.